The lowest BCUT2D eigenvalue weighted by Crippen LogP contribution is -2.16. The summed E-state index contributed by atoms with van der Waals surface area (Å²) in [5.74, 6) is 0. The van der Waals surface area contributed by atoms with Gasteiger partial charge < -0.3 is 11.1 Å². The van der Waals surface area contributed by atoms with E-state index in [4.69, 9.17) is 5.73 Å². The highest BCUT2D eigenvalue weighted by Gasteiger charge is 1.93. The van der Waals surface area contributed by atoms with Crippen molar-refractivity contribution in [1.29, 1.82) is 0 Å². The van der Waals surface area contributed by atoms with Crippen molar-refractivity contribution in [3.8, 4) is 0 Å². The van der Waals surface area contributed by atoms with Gasteiger partial charge in [-0.15, -0.1) is 0 Å². The third-order valence-corrected chi connectivity index (χ3v) is 3.76. The van der Waals surface area contributed by atoms with Crippen LogP contribution in [0.1, 0.15) is 90.4 Å². The lowest BCUT2D eigenvalue weighted by molar-refractivity contribution is 0.538. The number of unbranched alkanes of at least 4 members (excludes halogenated alkanes) is 11. The van der Waals surface area contributed by atoms with Gasteiger partial charge in [-0.1, -0.05) is 71.1 Å². The molecule has 0 aromatic rings. The molecular formula is C17H38N2. The van der Waals surface area contributed by atoms with E-state index in [0.29, 0.717) is 0 Å². The van der Waals surface area contributed by atoms with Crippen molar-refractivity contribution in [3.05, 3.63) is 0 Å². The summed E-state index contributed by atoms with van der Waals surface area (Å²) in [6, 6.07) is 0. The van der Waals surface area contributed by atoms with Gasteiger partial charge in [-0.2, -0.15) is 0 Å². The highest BCUT2D eigenvalue weighted by molar-refractivity contribution is 4.52. The Morgan fingerprint density at radius 3 is 1.47 bits per heavy atom. The van der Waals surface area contributed by atoms with Crippen molar-refractivity contribution < 1.29 is 0 Å². The summed E-state index contributed by atoms with van der Waals surface area (Å²) in [7, 11) is 0. The van der Waals surface area contributed by atoms with Gasteiger partial charge in [-0.25, -0.2) is 0 Å². The summed E-state index contributed by atoms with van der Waals surface area (Å²) in [6.07, 6.45) is 17.9. The monoisotopic (exact) mass is 270 g/mol. The standard InChI is InChI=1S/C17H38N2/c1-2-3-4-5-6-7-10-13-16-19-17-14-11-8-9-12-15-18/h19H,2-18H2,1H3. The molecule has 0 bridgehead atoms. The van der Waals surface area contributed by atoms with Crippen molar-refractivity contribution in [3.63, 3.8) is 0 Å². The van der Waals surface area contributed by atoms with Gasteiger partial charge in [0.2, 0.25) is 0 Å². The van der Waals surface area contributed by atoms with Gasteiger partial charge in [0, 0.05) is 0 Å². The Kier molecular flexibility index (Phi) is 17.8. The van der Waals surface area contributed by atoms with E-state index in [1.807, 2.05) is 0 Å². The van der Waals surface area contributed by atoms with Crippen LogP contribution in [-0.2, 0) is 0 Å². The van der Waals surface area contributed by atoms with E-state index >= 15 is 0 Å². The van der Waals surface area contributed by atoms with Crippen LogP contribution in [0, 0.1) is 0 Å². The van der Waals surface area contributed by atoms with Crippen LogP contribution in [0.4, 0.5) is 0 Å². The van der Waals surface area contributed by atoms with E-state index in [0.717, 1.165) is 6.54 Å². The number of nitrogens with two attached hydrogens (primary N) is 1. The molecule has 0 aromatic heterocycles. The largest absolute Gasteiger partial charge is 0.330 e. The van der Waals surface area contributed by atoms with Gasteiger partial charge in [-0.3, -0.25) is 0 Å². The molecule has 0 aliphatic rings. The average molecular weight is 271 g/mol. The van der Waals surface area contributed by atoms with Crippen LogP contribution in [0.3, 0.4) is 0 Å². The molecule has 2 heteroatoms. The first kappa shape index (κ1) is 18.9. The van der Waals surface area contributed by atoms with Crippen molar-refractivity contribution in [1.82, 2.24) is 5.32 Å². The number of hydrogen-bond donors (Lipinski definition) is 2. The fraction of sp³-hybridized carbons (Fsp3) is 1.00. The van der Waals surface area contributed by atoms with Gasteiger partial charge in [0.15, 0.2) is 0 Å². The molecule has 0 rings (SSSR count). The fourth-order valence-electron chi connectivity index (χ4n) is 2.43. The molecule has 2 nitrogen and oxygen atoms in total. The van der Waals surface area contributed by atoms with Crippen molar-refractivity contribution in [2.24, 2.45) is 5.73 Å². The first-order valence-corrected chi connectivity index (χ1v) is 8.82. The molecule has 0 saturated heterocycles. The minimum atomic E-state index is 0.858. The number of hydrogen-bond acceptors (Lipinski definition) is 2. The third-order valence-electron chi connectivity index (χ3n) is 3.76. The molecule has 0 aromatic carbocycles. The summed E-state index contributed by atoms with van der Waals surface area (Å²) in [4.78, 5) is 0. The van der Waals surface area contributed by atoms with E-state index in [2.05, 4.69) is 12.2 Å². The molecule has 0 atom stereocenters. The third kappa shape index (κ3) is 17.9. The predicted molar refractivity (Wildman–Crippen MR) is 87.6 cm³/mol. The Hall–Kier alpha value is -0.0800. The van der Waals surface area contributed by atoms with Gasteiger partial charge in [-0.05, 0) is 38.9 Å². The summed E-state index contributed by atoms with van der Waals surface area (Å²) in [5, 5.41) is 3.56. The molecule has 0 unspecified atom stereocenters. The average Bonchev–Trinajstić information content (AvgIpc) is 2.43. The molecule has 0 aliphatic carbocycles. The molecular weight excluding hydrogens is 232 g/mol. The molecule has 0 aliphatic heterocycles. The highest BCUT2D eigenvalue weighted by atomic mass is 14.8. The summed E-state index contributed by atoms with van der Waals surface area (Å²) >= 11 is 0. The quantitative estimate of drug-likeness (QED) is 0.401. The van der Waals surface area contributed by atoms with E-state index in [-0.39, 0.29) is 0 Å². The molecule has 116 valence electrons. The zero-order valence-corrected chi connectivity index (χ0v) is 13.4. The van der Waals surface area contributed by atoms with Gasteiger partial charge in [0.05, 0.1) is 0 Å². The fourth-order valence-corrected chi connectivity index (χ4v) is 2.43. The van der Waals surface area contributed by atoms with Crippen LogP contribution < -0.4 is 11.1 Å². The molecule has 0 radical (unpaired) electrons. The van der Waals surface area contributed by atoms with Crippen LogP contribution in [0.5, 0.6) is 0 Å². The highest BCUT2D eigenvalue weighted by Crippen LogP contribution is 2.08. The second-order valence-corrected chi connectivity index (χ2v) is 5.78. The second-order valence-electron chi connectivity index (χ2n) is 5.78. The van der Waals surface area contributed by atoms with Crippen LogP contribution in [-0.4, -0.2) is 19.6 Å². The van der Waals surface area contributed by atoms with Crippen LogP contribution in [0.15, 0.2) is 0 Å². The van der Waals surface area contributed by atoms with Crippen LogP contribution in [0.2, 0.25) is 0 Å². The smallest absolute Gasteiger partial charge is 0.00489 e. The van der Waals surface area contributed by atoms with E-state index < -0.39 is 0 Å². The SMILES string of the molecule is CCCCCCCCCCNCCCCCCCN. The molecule has 0 heterocycles. The molecule has 0 fully saturated rings. The second kappa shape index (κ2) is 17.9. The van der Waals surface area contributed by atoms with Crippen molar-refractivity contribution >= 4 is 0 Å². The molecule has 3 N–H and O–H groups in total. The van der Waals surface area contributed by atoms with E-state index in [9.17, 15) is 0 Å². The topological polar surface area (TPSA) is 38.0 Å². The molecule has 0 saturated carbocycles. The maximum absolute atomic E-state index is 5.47. The molecule has 19 heavy (non-hydrogen) atoms. The minimum absolute atomic E-state index is 0.858. The van der Waals surface area contributed by atoms with Gasteiger partial charge in [0.1, 0.15) is 0 Å². The number of rotatable bonds is 16. The minimum Gasteiger partial charge on any atom is -0.330 e. The predicted octanol–water partition coefficient (Wildman–Crippen LogP) is 4.63. The van der Waals surface area contributed by atoms with Crippen molar-refractivity contribution in [2.45, 2.75) is 90.4 Å². The maximum atomic E-state index is 5.47. The van der Waals surface area contributed by atoms with Crippen LogP contribution in [0.25, 0.3) is 0 Å². The summed E-state index contributed by atoms with van der Waals surface area (Å²) in [6.45, 7) is 5.57. The normalized spacial score (nSPS) is 11.1. The van der Waals surface area contributed by atoms with Gasteiger partial charge in [0.25, 0.3) is 0 Å². The Bertz CT molecular complexity index is 132. The molecule has 0 spiro atoms. The lowest BCUT2D eigenvalue weighted by atomic mass is 10.1. The van der Waals surface area contributed by atoms with Gasteiger partial charge >= 0.3 is 0 Å². The summed E-state index contributed by atoms with van der Waals surface area (Å²) < 4.78 is 0. The Morgan fingerprint density at radius 2 is 1.00 bits per heavy atom. The first-order valence-electron chi connectivity index (χ1n) is 8.82. The zero-order valence-electron chi connectivity index (χ0n) is 13.4. The Labute approximate surface area is 121 Å². The van der Waals surface area contributed by atoms with Crippen molar-refractivity contribution in [2.75, 3.05) is 19.6 Å². The summed E-state index contributed by atoms with van der Waals surface area (Å²) in [5.41, 5.74) is 5.47. The zero-order chi connectivity index (χ0) is 14.0. The Balaban J connectivity index is 2.88. The van der Waals surface area contributed by atoms with Crippen LogP contribution >= 0.6 is 0 Å². The number of nitrogens with one attached hydrogen (secondary N) is 1. The Morgan fingerprint density at radius 1 is 0.579 bits per heavy atom. The van der Waals surface area contributed by atoms with E-state index in [1.54, 1.807) is 0 Å². The van der Waals surface area contributed by atoms with E-state index in [1.165, 1.54) is 96.6 Å². The molecule has 0 amide bonds. The maximum Gasteiger partial charge on any atom is -0.00489 e. The lowest BCUT2D eigenvalue weighted by Gasteiger charge is -2.05. The first-order chi connectivity index (χ1) is 9.41.